The zero-order chi connectivity index (χ0) is 17.4. The molecule has 0 spiro atoms. The average molecular weight is 335 g/mol. The molecule has 3 aromatic heterocycles. The van der Waals surface area contributed by atoms with Crippen molar-refractivity contribution in [1.82, 2.24) is 24.3 Å². The molecule has 1 N–H and O–H groups in total. The number of pyridine rings is 1. The molecule has 8 nitrogen and oxygen atoms in total. The number of aryl methyl sites for hydroxylation is 1. The molecule has 0 unspecified atom stereocenters. The van der Waals surface area contributed by atoms with Crippen molar-refractivity contribution in [2.24, 2.45) is 7.05 Å². The Morgan fingerprint density at radius 1 is 1.28 bits per heavy atom. The molecule has 1 aliphatic rings. The lowest BCUT2D eigenvalue weighted by Gasteiger charge is -2.28. The Morgan fingerprint density at radius 2 is 2.16 bits per heavy atom. The van der Waals surface area contributed by atoms with E-state index >= 15 is 0 Å². The van der Waals surface area contributed by atoms with Crippen LogP contribution in [0.3, 0.4) is 0 Å². The highest BCUT2D eigenvalue weighted by atomic mass is 16.3. The molecule has 0 fully saturated rings. The van der Waals surface area contributed by atoms with Crippen molar-refractivity contribution >= 4 is 5.82 Å². The maximum absolute atomic E-state index is 10.5. The normalized spacial score (nSPS) is 14.8. The summed E-state index contributed by atoms with van der Waals surface area (Å²) in [5.41, 5.74) is 2.16. The molecule has 1 aliphatic heterocycles. The molecule has 0 saturated heterocycles. The number of rotatable bonds is 3. The third-order valence-electron chi connectivity index (χ3n) is 4.40. The van der Waals surface area contributed by atoms with Crippen LogP contribution in [0.5, 0.6) is 0 Å². The standard InChI is InChI=1S/C17H17N7O/c1-22-5-4-19-17(22)16(25)14-8-13-11-23(6-7-24(13)21-14)15-3-2-12(9-18)10-20-15/h2-5,8,10,16,25H,6-7,11H2,1H3/t16-/m1/s1. The Labute approximate surface area is 144 Å². The lowest BCUT2D eigenvalue weighted by atomic mass is 10.2. The van der Waals surface area contributed by atoms with Crippen LogP contribution < -0.4 is 4.90 Å². The van der Waals surface area contributed by atoms with Gasteiger partial charge in [0, 0.05) is 32.2 Å². The van der Waals surface area contributed by atoms with Crippen molar-refractivity contribution in [2.45, 2.75) is 19.2 Å². The second-order valence-corrected chi connectivity index (χ2v) is 6.02. The molecule has 4 heterocycles. The first-order valence-corrected chi connectivity index (χ1v) is 7.98. The van der Waals surface area contributed by atoms with Gasteiger partial charge in [0.05, 0.1) is 30.0 Å². The number of nitrogens with zero attached hydrogens (tertiary/aromatic N) is 7. The van der Waals surface area contributed by atoms with Crippen LogP contribution in [0.2, 0.25) is 0 Å². The first kappa shape index (κ1) is 15.4. The fraction of sp³-hybridized carbons (Fsp3) is 0.294. The molecule has 0 radical (unpaired) electrons. The van der Waals surface area contributed by atoms with Crippen LogP contribution in [-0.4, -0.2) is 36.0 Å². The van der Waals surface area contributed by atoms with Gasteiger partial charge < -0.3 is 14.6 Å². The Hall–Kier alpha value is -3.18. The summed E-state index contributed by atoms with van der Waals surface area (Å²) in [5.74, 6) is 1.40. The largest absolute Gasteiger partial charge is 0.379 e. The fourth-order valence-electron chi connectivity index (χ4n) is 3.03. The van der Waals surface area contributed by atoms with Gasteiger partial charge in [0.2, 0.25) is 0 Å². The van der Waals surface area contributed by atoms with Crippen LogP contribution in [0.1, 0.15) is 28.9 Å². The number of aromatic nitrogens is 5. The monoisotopic (exact) mass is 335 g/mol. The maximum Gasteiger partial charge on any atom is 0.155 e. The second-order valence-electron chi connectivity index (χ2n) is 6.02. The predicted molar refractivity (Wildman–Crippen MR) is 89.5 cm³/mol. The summed E-state index contributed by atoms with van der Waals surface area (Å²) in [6.07, 6.45) is 4.19. The Balaban J connectivity index is 1.56. The number of aliphatic hydroxyl groups is 1. The highest BCUT2D eigenvalue weighted by molar-refractivity contribution is 5.43. The van der Waals surface area contributed by atoms with Crippen LogP contribution in [-0.2, 0) is 20.1 Å². The molecule has 8 heteroatoms. The Kier molecular flexibility index (Phi) is 3.71. The van der Waals surface area contributed by atoms with Crippen molar-refractivity contribution in [1.29, 1.82) is 5.26 Å². The number of aliphatic hydroxyl groups excluding tert-OH is 1. The van der Waals surface area contributed by atoms with Gasteiger partial charge in [0.25, 0.3) is 0 Å². The topological polar surface area (TPSA) is 95.8 Å². The lowest BCUT2D eigenvalue weighted by Crippen LogP contribution is -2.34. The maximum atomic E-state index is 10.5. The molecular formula is C17H17N7O. The molecule has 0 aromatic carbocycles. The van der Waals surface area contributed by atoms with E-state index in [1.165, 1.54) is 0 Å². The highest BCUT2D eigenvalue weighted by Crippen LogP contribution is 2.24. The van der Waals surface area contributed by atoms with Crippen LogP contribution in [0.15, 0.2) is 36.8 Å². The molecule has 4 rings (SSSR count). The minimum Gasteiger partial charge on any atom is -0.379 e. The number of anilines is 1. The van der Waals surface area contributed by atoms with E-state index in [-0.39, 0.29) is 0 Å². The number of hydrogen-bond donors (Lipinski definition) is 1. The van der Waals surface area contributed by atoms with Gasteiger partial charge in [0.15, 0.2) is 6.10 Å². The molecule has 0 amide bonds. The molecular weight excluding hydrogens is 318 g/mol. The lowest BCUT2D eigenvalue weighted by molar-refractivity contribution is 0.200. The van der Waals surface area contributed by atoms with Gasteiger partial charge >= 0.3 is 0 Å². The predicted octanol–water partition coefficient (Wildman–Crippen LogP) is 0.985. The van der Waals surface area contributed by atoms with Crippen LogP contribution in [0.25, 0.3) is 0 Å². The molecule has 25 heavy (non-hydrogen) atoms. The van der Waals surface area contributed by atoms with Gasteiger partial charge in [-0.1, -0.05) is 0 Å². The summed E-state index contributed by atoms with van der Waals surface area (Å²) >= 11 is 0. The summed E-state index contributed by atoms with van der Waals surface area (Å²) in [7, 11) is 1.85. The van der Waals surface area contributed by atoms with Gasteiger partial charge in [-0.15, -0.1) is 0 Å². The van der Waals surface area contributed by atoms with Crippen LogP contribution >= 0.6 is 0 Å². The van der Waals surface area contributed by atoms with Crippen molar-refractivity contribution in [2.75, 3.05) is 11.4 Å². The first-order chi connectivity index (χ1) is 12.2. The van der Waals surface area contributed by atoms with E-state index in [2.05, 4.69) is 26.0 Å². The third-order valence-corrected chi connectivity index (χ3v) is 4.40. The average Bonchev–Trinajstić information content (AvgIpc) is 3.26. The number of imidazole rings is 1. The number of fused-ring (bicyclic) bond motifs is 1. The van der Waals surface area contributed by atoms with Gasteiger partial charge in [-0.3, -0.25) is 4.68 Å². The highest BCUT2D eigenvalue weighted by Gasteiger charge is 2.24. The van der Waals surface area contributed by atoms with Gasteiger partial charge in [-0.25, -0.2) is 9.97 Å². The Morgan fingerprint density at radius 3 is 2.84 bits per heavy atom. The fourth-order valence-corrected chi connectivity index (χ4v) is 3.03. The van der Waals surface area contributed by atoms with E-state index in [4.69, 9.17) is 5.26 Å². The van der Waals surface area contributed by atoms with Crippen molar-refractivity contribution in [3.05, 3.63) is 59.6 Å². The summed E-state index contributed by atoms with van der Waals surface area (Å²) in [6, 6.07) is 7.61. The van der Waals surface area contributed by atoms with Gasteiger partial charge in [-0.2, -0.15) is 10.4 Å². The van der Waals surface area contributed by atoms with E-state index in [1.54, 1.807) is 29.2 Å². The molecule has 0 aliphatic carbocycles. The summed E-state index contributed by atoms with van der Waals surface area (Å²) in [5, 5.41) is 23.9. The van der Waals surface area contributed by atoms with Crippen LogP contribution in [0.4, 0.5) is 5.82 Å². The van der Waals surface area contributed by atoms with E-state index < -0.39 is 6.10 Å². The SMILES string of the molecule is Cn1ccnc1[C@H](O)c1cc2n(n1)CCN(c1ccc(C#N)cn1)C2. The first-order valence-electron chi connectivity index (χ1n) is 7.98. The third kappa shape index (κ3) is 2.75. The summed E-state index contributed by atoms with van der Waals surface area (Å²) in [6.45, 7) is 2.13. The quantitative estimate of drug-likeness (QED) is 0.767. The minimum atomic E-state index is -0.848. The van der Waals surface area contributed by atoms with Crippen molar-refractivity contribution in [3.63, 3.8) is 0 Å². The second kappa shape index (κ2) is 6.03. The minimum absolute atomic E-state index is 0.547. The summed E-state index contributed by atoms with van der Waals surface area (Å²) < 4.78 is 3.71. The van der Waals surface area contributed by atoms with E-state index in [0.717, 1.165) is 18.1 Å². The molecule has 0 bridgehead atoms. The van der Waals surface area contributed by atoms with Gasteiger partial charge in [-0.05, 0) is 18.2 Å². The van der Waals surface area contributed by atoms with E-state index in [9.17, 15) is 5.11 Å². The molecule has 1 atom stereocenters. The van der Waals surface area contributed by atoms with Crippen molar-refractivity contribution in [3.8, 4) is 6.07 Å². The molecule has 0 saturated carbocycles. The summed E-state index contributed by atoms with van der Waals surface area (Å²) in [4.78, 5) is 10.7. The number of nitriles is 1. The zero-order valence-corrected chi connectivity index (χ0v) is 13.7. The Bertz CT molecular complexity index is 935. The zero-order valence-electron chi connectivity index (χ0n) is 13.7. The molecule has 126 valence electrons. The van der Waals surface area contributed by atoms with Crippen LogP contribution in [0, 0.1) is 11.3 Å². The van der Waals surface area contributed by atoms with E-state index in [0.29, 0.717) is 30.2 Å². The molecule has 3 aromatic rings. The van der Waals surface area contributed by atoms with Gasteiger partial charge in [0.1, 0.15) is 17.7 Å². The van der Waals surface area contributed by atoms with E-state index in [1.807, 2.05) is 23.9 Å². The number of hydrogen-bond acceptors (Lipinski definition) is 6. The van der Waals surface area contributed by atoms with Crippen molar-refractivity contribution < 1.29 is 5.11 Å². The smallest absolute Gasteiger partial charge is 0.155 e.